The Labute approximate surface area is 499 Å². The van der Waals surface area contributed by atoms with E-state index in [1.165, 1.54) is 66.8 Å². The van der Waals surface area contributed by atoms with Crippen molar-refractivity contribution in [2.75, 3.05) is 16.5 Å². The number of ether oxygens (including phenoxy) is 1. The van der Waals surface area contributed by atoms with Crippen molar-refractivity contribution in [3.05, 3.63) is 276 Å². The van der Waals surface area contributed by atoms with E-state index in [-0.39, 0.29) is 40.4 Å². The Kier molecular flexibility index (Phi) is 10.5. The summed E-state index contributed by atoms with van der Waals surface area (Å²) in [4.78, 5) is 9.83. The van der Waals surface area contributed by atoms with Gasteiger partial charge < -0.3 is 14.5 Å². The molecule has 3 aliphatic rings. The predicted octanol–water partition coefficient (Wildman–Crippen LogP) is 20.8. The van der Waals surface area contributed by atoms with Gasteiger partial charge in [0.05, 0.1) is 39.0 Å². The number of fused-ring (bicyclic) bond motifs is 14. The minimum atomic E-state index is -0.505. The Morgan fingerprint density at radius 1 is 0.440 bits per heavy atom. The largest absolute Gasteiger partial charge is 0.457 e. The van der Waals surface area contributed by atoms with E-state index in [0.717, 1.165) is 39.4 Å². The summed E-state index contributed by atoms with van der Waals surface area (Å²) in [5.41, 5.74) is 23.0. The molecule has 5 nitrogen and oxygen atoms in total. The van der Waals surface area contributed by atoms with Crippen LogP contribution in [0.25, 0.3) is 72.1 Å². The van der Waals surface area contributed by atoms with Crippen molar-refractivity contribution in [2.24, 2.45) is 0 Å². The Morgan fingerprint density at radius 3 is 1.68 bits per heavy atom. The summed E-state index contributed by atoms with van der Waals surface area (Å²) in [5, 5.41) is 1.11. The molecule has 0 saturated carbocycles. The van der Waals surface area contributed by atoms with Gasteiger partial charge in [0.15, 0.2) is 0 Å². The zero-order valence-electron chi connectivity index (χ0n) is 53.1. The fourth-order valence-corrected chi connectivity index (χ4v) is 13.7. The van der Waals surface area contributed by atoms with Crippen molar-refractivity contribution in [3.63, 3.8) is 0 Å². The number of anilines is 4. The average Bonchev–Trinajstić information content (AvgIpc) is 1.52. The fraction of sp³-hybridized carbons (Fsp3) is 0.177. The maximum absolute atomic E-state index is 9.17. The normalized spacial score (nSPS) is 14.7. The molecule has 410 valence electrons. The van der Waals surface area contributed by atoms with Gasteiger partial charge in [-0.25, -0.2) is 4.98 Å². The smallest absolute Gasteiger partial charge is 0.137 e. The molecule has 1 aliphatic heterocycles. The number of nitrogens with zero attached hydrogens (tertiary/aromatic N) is 4. The standard InChI is InChI=1S/C79H68N4O/c1-76(2,3)51-39-42-73(80-48-51)83-69-36-17-13-27-60(69)61-41-40-56(47-72(61)83)84-55-24-20-23-54(46-55)81-49-82(71-38-19-18-37-70(71)81)75-57(50-43-52(77(4,5)6)45-53(44-50)78(7,8)9)29-21-31-63(75)62-30-22-35-68-74(62)64-28-12-16-34-67(64)79(68)65-32-14-10-25-58(65)59-26-11-15-33-66(59)79/h10-48H,49H2,1-9H3/i13D,17D,27D,36D. The van der Waals surface area contributed by atoms with Crippen LogP contribution in [0.5, 0.6) is 11.5 Å². The average molecular weight is 1090 g/mol. The van der Waals surface area contributed by atoms with Crippen molar-refractivity contribution in [2.45, 2.75) is 84.0 Å². The quantitative estimate of drug-likeness (QED) is 0.159. The lowest BCUT2D eigenvalue weighted by Crippen LogP contribution is -2.26. The van der Waals surface area contributed by atoms with Crippen LogP contribution in [-0.4, -0.2) is 16.2 Å². The molecule has 10 aromatic carbocycles. The summed E-state index contributed by atoms with van der Waals surface area (Å²) in [6.45, 7) is 20.8. The van der Waals surface area contributed by atoms with Gasteiger partial charge in [-0.05, 0) is 137 Å². The third-order valence-corrected chi connectivity index (χ3v) is 17.9. The maximum atomic E-state index is 9.17. The molecule has 2 aromatic heterocycles. The summed E-state index contributed by atoms with van der Waals surface area (Å²) in [6, 6.07) is 74.3. The van der Waals surface area contributed by atoms with E-state index in [1.807, 2.05) is 53.2 Å². The zero-order chi connectivity index (χ0) is 60.9. The van der Waals surface area contributed by atoms with Crippen LogP contribution in [0.2, 0.25) is 0 Å². The number of para-hydroxylation sites is 4. The van der Waals surface area contributed by atoms with Gasteiger partial charge in [0.25, 0.3) is 0 Å². The van der Waals surface area contributed by atoms with Gasteiger partial charge in [-0.1, -0.05) is 232 Å². The first kappa shape index (κ1) is 47.1. The topological polar surface area (TPSA) is 33.5 Å². The molecule has 0 unspecified atom stereocenters. The van der Waals surface area contributed by atoms with Crippen molar-refractivity contribution in [1.82, 2.24) is 9.55 Å². The molecule has 0 bridgehead atoms. The van der Waals surface area contributed by atoms with Crippen LogP contribution in [0.3, 0.4) is 0 Å². The van der Waals surface area contributed by atoms with Crippen LogP contribution in [0.4, 0.5) is 22.7 Å². The van der Waals surface area contributed by atoms with Gasteiger partial charge >= 0.3 is 0 Å². The molecule has 0 amide bonds. The maximum Gasteiger partial charge on any atom is 0.137 e. The summed E-state index contributed by atoms with van der Waals surface area (Å²) >= 11 is 0. The van der Waals surface area contributed by atoms with E-state index in [4.69, 9.17) is 13.8 Å². The molecule has 15 rings (SSSR count). The zero-order valence-corrected chi connectivity index (χ0v) is 49.1. The Balaban J connectivity index is 0.889. The molecular weight excluding hydrogens is 1020 g/mol. The number of pyridine rings is 1. The van der Waals surface area contributed by atoms with Gasteiger partial charge in [-0.2, -0.15) is 0 Å². The fourth-order valence-electron chi connectivity index (χ4n) is 13.7. The first-order chi connectivity index (χ1) is 42.2. The highest BCUT2D eigenvalue weighted by Crippen LogP contribution is 2.65. The number of hydrogen-bond acceptors (Lipinski definition) is 4. The lowest BCUT2D eigenvalue weighted by Gasteiger charge is -2.31. The van der Waals surface area contributed by atoms with Crippen LogP contribution in [0.15, 0.2) is 237 Å². The van der Waals surface area contributed by atoms with Crippen molar-refractivity contribution < 1.29 is 10.2 Å². The Hall–Kier alpha value is -9.45. The molecule has 0 radical (unpaired) electrons. The molecule has 5 heteroatoms. The molecule has 12 aromatic rings. The minimum Gasteiger partial charge on any atom is -0.457 e. The second-order valence-corrected chi connectivity index (χ2v) is 26.1. The first-order valence-corrected chi connectivity index (χ1v) is 29.4. The Bertz CT molecular complexity index is 4810. The van der Waals surface area contributed by atoms with E-state index in [2.05, 4.69) is 236 Å². The van der Waals surface area contributed by atoms with Gasteiger partial charge in [0, 0.05) is 45.9 Å². The van der Waals surface area contributed by atoms with E-state index >= 15 is 0 Å². The van der Waals surface area contributed by atoms with Gasteiger partial charge in [0.1, 0.15) is 24.0 Å². The highest BCUT2D eigenvalue weighted by Gasteiger charge is 2.52. The molecule has 0 fully saturated rings. The molecule has 3 heterocycles. The van der Waals surface area contributed by atoms with Gasteiger partial charge in [0.2, 0.25) is 0 Å². The molecule has 1 spiro atoms. The third-order valence-electron chi connectivity index (χ3n) is 17.9. The van der Waals surface area contributed by atoms with E-state index in [1.54, 1.807) is 0 Å². The Morgan fingerprint density at radius 2 is 1.00 bits per heavy atom. The first-order valence-electron chi connectivity index (χ1n) is 31.4. The molecule has 0 atom stereocenters. The molecular formula is C79H68N4O. The SMILES string of the molecule is [2H]c1c([2H])c([2H])c2c(c1[2H])c1ccc(Oc3cccc(N4CN(c5c(-c6cc(C(C)(C)C)cc(C(C)(C)C)c6)cccc5-c5cccc6c5-c5ccccc5C65c6ccccc6-c6ccccc65)c5ccccc54)c3)cc1n2-c1ccc(C(C)(C)C)cn1. The number of benzene rings is 10. The number of rotatable bonds is 7. The molecule has 84 heavy (non-hydrogen) atoms. The lowest BCUT2D eigenvalue weighted by molar-refractivity contribution is 0.483. The van der Waals surface area contributed by atoms with Crippen LogP contribution < -0.4 is 14.5 Å². The lowest BCUT2D eigenvalue weighted by atomic mass is 9.70. The monoisotopic (exact) mass is 1090 g/mol. The number of hydrogen-bond donors (Lipinski definition) is 0. The molecule has 2 aliphatic carbocycles. The van der Waals surface area contributed by atoms with Crippen LogP contribution >= 0.6 is 0 Å². The van der Waals surface area contributed by atoms with Crippen LogP contribution in [-0.2, 0) is 21.7 Å². The predicted molar refractivity (Wildman–Crippen MR) is 350 cm³/mol. The summed E-state index contributed by atoms with van der Waals surface area (Å²) in [6.07, 6.45) is 1.85. The van der Waals surface area contributed by atoms with Crippen molar-refractivity contribution in [1.29, 1.82) is 0 Å². The summed E-state index contributed by atoms with van der Waals surface area (Å²) in [5.74, 6) is 1.73. The van der Waals surface area contributed by atoms with Crippen molar-refractivity contribution >= 4 is 44.6 Å². The summed E-state index contributed by atoms with van der Waals surface area (Å²) in [7, 11) is 0. The van der Waals surface area contributed by atoms with Crippen LogP contribution in [0.1, 0.15) is 107 Å². The molecule has 0 N–H and O–H groups in total. The van der Waals surface area contributed by atoms with Crippen LogP contribution in [0, 0.1) is 0 Å². The van der Waals surface area contributed by atoms with E-state index in [9.17, 15) is 1.37 Å². The second-order valence-electron chi connectivity index (χ2n) is 26.1. The van der Waals surface area contributed by atoms with Gasteiger partial charge in [-0.15, -0.1) is 0 Å². The van der Waals surface area contributed by atoms with E-state index < -0.39 is 5.41 Å². The van der Waals surface area contributed by atoms with Crippen molar-refractivity contribution in [3.8, 4) is 61.8 Å². The third kappa shape index (κ3) is 7.92. The minimum absolute atomic E-state index is 0.0945. The second kappa shape index (κ2) is 18.8. The summed E-state index contributed by atoms with van der Waals surface area (Å²) < 4.78 is 44.4. The molecule has 0 saturated heterocycles. The van der Waals surface area contributed by atoms with Gasteiger partial charge in [-0.3, -0.25) is 4.57 Å². The highest BCUT2D eigenvalue weighted by molar-refractivity contribution is 6.10. The van der Waals surface area contributed by atoms with E-state index in [0.29, 0.717) is 45.8 Å². The highest BCUT2D eigenvalue weighted by atomic mass is 16.5. The number of aromatic nitrogens is 2.